The molecule has 5 heavy (non-hydrogen) atoms. The Morgan fingerprint density at radius 1 is 1.20 bits per heavy atom. The molecule has 0 radical (unpaired) electrons. The van der Waals surface area contributed by atoms with E-state index in [1.54, 1.807) is 0 Å². The fraction of sp³-hybridized carbons (Fsp3) is 0. The van der Waals surface area contributed by atoms with Crippen LogP contribution in [0.4, 0.5) is 0 Å². The van der Waals surface area contributed by atoms with E-state index in [0.717, 1.165) is 0 Å². The molecule has 0 aliphatic rings. The Morgan fingerprint density at radius 2 is 1.20 bits per heavy atom. The summed E-state index contributed by atoms with van der Waals surface area (Å²) in [7, 11) is 0. The summed E-state index contributed by atoms with van der Waals surface area (Å²) < 4.78 is 25.0. The van der Waals surface area contributed by atoms with E-state index in [-0.39, 0.29) is 0 Å². The molecule has 3 nitrogen and oxygen atoms in total. The summed E-state index contributed by atoms with van der Waals surface area (Å²) in [6.07, 6.45) is 0. The van der Waals surface area contributed by atoms with E-state index in [2.05, 4.69) is 0 Å². The Bertz CT molecular complexity index is 36.2. The Hall–Kier alpha value is 0.634. The van der Waals surface area contributed by atoms with Crippen molar-refractivity contribution in [3.63, 3.8) is 0 Å². The van der Waals surface area contributed by atoms with E-state index in [1.165, 1.54) is 0 Å². The van der Waals surface area contributed by atoms with Gasteiger partial charge in [0.15, 0.2) is 0 Å². The van der Waals surface area contributed by atoms with Crippen molar-refractivity contribution in [1.29, 1.82) is 0 Å². The van der Waals surface area contributed by atoms with Crippen LogP contribution in [0.3, 0.4) is 0 Å². The first-order chi connectivity index (χ1) is 2.41. The van der Waals surface area contributed by atoms with Crippen molar-refractivity contribution in [2.45, 2.75) is 0 Å². The van der Waals surface area contributed by atoms with Crippen molar-refractivity contribution in [2.75, 3.05) is 0 Å². The van der Waals surface area contributed by atoms with Gasteiger partial charge in [-0.05, 0) is 0 Å². The Balaban J connectivity index is 0. The van der Waals surface area contributed by atoms with Crippen LogP contribution in [0.25, 0.3) is 0 Å². The fourth-order valence-corrected chi connectivity index (χ4v) is 0. The second-order valence-electron chi connectivity index (χ2n) is 0.0833. The summed E-state index contributed by atoms with van der Waals surface area (Å²) >= 11 is 0. The molecule has 0 fully saturated rings. The van der Waals surface area contributed by atoms with Crippen molar-refractivity contribution in [2.24, 2.45) is 0 Å². The topological polar surface area (TPSA) is 51.2 Å². The van der Waals surface area contributed by atoms with Crippen molar-refractivity contribution in [3.8, 4) is 0 Å². The molecule has 0 heterocycles. The minimum atomic E-state index is -2.00. The van der Waals surface area contributed by atoms with Gasteiger partial charge < -0.3 is 0 Å². The summed E-state index contributed by atoms with van der Waals surface area (Å²) in [6, 6.07) is 0. The van der Waals surface area contributed by atoms with E-state index < -0.39 is 19.1 Å². The van der Waals surface area contributed by atoms with Gasteiger partial charge >= 0.3 is 45.5 Å². The third-order valence-corrected chi connectivity index (χ3v) is 0. The number of hydrogen-bond acceptors (Lipinski definition) is 3. The Morgan fingerprint density at radius 3 is 1.20 bits per heavy atom. The van der Waals surface area contributed by atoms with Gasteiger partial charge in [0.25, 0.3) is 0 Å². The third-order valence-electron chi connectivity index (χ3n) is 0. The fourth-order valence-electron chi connectivity index (χ4n) is 0. The maximum absolute atomic E-state index is 8.50. The second kappa shape index (κ2) is 22.9. The van der Waals surface area contributed by atoms with E-state index in [0.29, 0.717) is 0 Å². The summed E-state index contributed by atoms with van der Waals surface area (Å²) in [6.45, 7) is 0. The second-order valence-corrected chi connectivity index (χ2v) is 0.344. The predicted molar refractivity (Wildman–Crippen MR) is 2.06 cm³/mol. The molecule has 0 aromatic rings. The standard InChI is InChI=1S/Fe.3O.Ti. The first kappa shape index (κ1) is 9.16. The monoisotopic (exact) mass is 152 g/mol. The number of hydrogen-bond donors (Lipinski definition) is 0. The van der Waals surface area contributed by atoms with Gasteiger partial charge in [0, 0.05) is 0 Å². The quantitative estimate of drug-likeness (QED) is 0.445. The average molecular weight is 152 g/mol. The van der Waals surface area contributed by atoms with Gasteiger partial charge in [-0.3, -0.25) is 0 Å². The first-order valence-electron chi connectivity index (χ1n) is 0.553. The molecule has 0 bridgehead atoms. The van der Waals surface area contributed by atoms with E-state index >= 15 is 0 Å². The maximum atomic E-state index is 8.50. The van der Waals surface area contributed by atoms with Gasteiger partial charge in [-0.25, -0.2) is 0 Å². The van der Waals surface area contributed by atoms with Gasteiger partial charge in [0.2, 0.25) is 0 Å². The molecule has 5 heteroatoms. The molecule has 0 N–H and O–H groups in total. The van der Waals surface area contributed by atoms with Crippen LogP contribution in [0.1, 0.15) is 0 Å². The molecule has 0 spiro atoms. The summed E-state index contributed by atoms with van der Waals surface area (Å²) in [5.74, 6) is 0. The Kier molecular flexibility index (Phi) is 42.0. The van der Waals surface area contributed by atoms with Crippen molar-refractivity contribution < 1.29 is 45.5 Å². The van der Waals surface area contributed by atoms with Crippen molar-refractivity contribution >= 4 is 0 Å². The van der Waals surface area contributed by atoms with Crippen LogP contribution in [0, 0.1) is 0 Å². The van der Waals surface area contributed by atoms with E-state index in [1.807, 2.05) is 15.9 Å². The summed E-state index contributed by atoms with van der Waals surface area (Å²) in [5, 5.41) is 0. The normalized spacial score (nSPS) is 2.60. The van der Waals surface area contributed by atoms with Crippen LogP contribution >= 0.6 is 0 Å². The van der Waals surface area contributed by atoms with Gasteiger partial charge in [-0.2, -0.15) is 0 Å². The molecule has 0 aromatic carbocycles. The van der Waals surface area contributed by atoms with Crippen LogP contribution in [0.15, 0.2) is 0 Å². The minimum absolute atomic E-state index is 2.00. The molecule has 0 amide bonds. The molecule has 30 valence electrons. The van der Waals surface area contributed by atoms with Crippen LogP contribution < -0.4 is 0 Å². The third kappa shape index (κ3) is 80.0. The van der Waals surface area contributed by atoms with Crippen molar-refractivity contribution in [3.05, 3.63) is 0 Å². The summed E-state index contributed by atoms with van der Waals surface area (Å²) in [5.41, 5.74) is 0. The van der Waals surface area contributed by atoms with E-state index in [4.69, 9.17) is 10.5 Å². The van der Waals surface area contributed by atoms with Crippen LogP contribution in [0.2, 0.25) is 0 Å². The Labute approximate surface area is 45.7 Å². The molecule has 0 aliphatic carbocycles. The molecule has 0 saturated carbocycles. The molecular weight excluding hydrogens is 152 g/mol. The van der Waals surface area contributed by atoms with Gasteiger partial charge in [0.1, 0.15) is 0 Å². The molecule has 0 aromatic heterocycles. The van der Waals surface area contributed by atoms with E-state index in [9.17, 15) is 0 Å². The zero-order valence-corrected chi connectivity index (χ0v) is 4.74. The molecule has 0 atom stereocenters. The van der Waals surface area contributed by atoms with Gasteiger partial charge in [-0.1, -0.05) is 0 Å². The van der Waals surface area contributed by atoms with Crippen LogP contribution in [0.5, 0.6) is 0 Å². The molecule has 0 aliphatic heterocycles. The number of rotatable bonds is 0. The SMILES string of the molecule is [O]=[Fe].[O]=[Ti]=[O]. The molecular formula is FeO3Ti. The van der Waals surface area contributed by atoms with Gasteiger partial charge in [0.05, 0.1) is 0 Å². The predicted octanol–water partition coefficient (Wildman–Crippen LogP) is -0.361. The molecule has 0 unspecified atom stereocenters. The summed E-state index contributed by atoms with van der Waals surface area (Å²) in [4.78, 5) is 0. The average Bonchev–Trinajstić information content (AvgIpc) is 1.46. The molecule has 0 saturated heterocycles. The van der Waals surface area contributed by atoms with Crippen molar-refractivity contribution in [1.82, 2.24) is 0 Å². The zero-order valence-electron chi connectivity index (χ0n) is 2.08. The van der Waals surface area contributed by atoms with Gasteiger partial charge in [-0.15, -0.1) is 0 Å². The molecule has 0 rings (SSSR count). The van der Waals surface area contributed by atoms with Crippen LogP contribution in [-0.4, -0.2) is 0 Å². The zero-order chi connectivity index (χ0) is 4.71. The van der Waals surface area contributed by atoms with Crippen LogP contribution in [-0.2, 0) is 45.5 Å². The first-order valence-corrected chi connectivity index (χ1v) is 2.28.